The third-order valence-corrected chi connectivity index (χ3v) is 4.54. The number of hydrogen-bond acceptors (Lipinski definition) is 4. The molecule has 0 saturated carbocycles. The summed E-state index contributed by atoms with van der Waals surface area (Å²) in [5, 5.41) is 15.1. The maximum Gasteiger partial charge on any atom is 0.256 e. The maximum absolute atomic E-state index is 12.5. The molecule has 0 bridgehead atoms. The molecule has 1 amide bonds. The first-order valence-electron chi connectivity index (χ1n) is 8.12. The van der Waals surface area contributed by atoms with Crippen LogP contribution < -0.4 is 14.8 Å². The van der Waals surface area contributed by atoms with Crippen molar-refractivity contribution < 1.29 is 19.4 Å². The molecule has 0 saturated heterocycles. The summed E-state index contributed by atoms with van der Waals surface area (Å²) >= 11 is 0. The standard InChI is InChI=1S/C21H17NO4/c1-25-18-10-15-16(21(24)22-17(15)11-19(18)26-2)9-13-8-7-12-5-3-4-6-14(12)20(13)23/h3-11,23H,1-2H3,(H,22,24). The van der Waals surface area contributed by atoms with Crippen molar-refractivity contribution in [2.24, 2.45) is 0 Å². The quantitative estimate of drug-likeness (QED) is 0.701. The third kappa shape index (κ3) is 2.45. The van der Waals surface area contributed by atoms with Gasteiger partial charge in [-0.3, -0.25) is 4.79 Å². The normalized spacial score (nSPS) is 14.4. The molecule has 2 N–H and O–H groups in total. The second-order valence-electron chi connectivity index (χ2n) is 5.99. The van der Waals surface area contributed by atoms with E-state index in [0.29, 0.717) is 33.9 Å². The number of fused-ring (bicyclic) bond motifs is 2. The van der Waals surface area contributed by atoms with Gasteiger partial charge in [0.1, 0.15) is 5.75 Å². The van der Waals surface area contributed by atoms with Crippen LogP contribution in [0.1, 0.15) is 11.1 Å². The summed E-state index contributed by atoms with van der Waals surface area (Å²) in [4.78, 5) is 12.5. The minimum absolute atomic E-state index is 0.150. The minimum atomic E-state index is -0.233. The highest BCUT2D eigenvalue weighted by Crippen LogP contribution is 2.42. The van der Waals surface area contributed by atoms with Crippen molar-refractivity contribution in [3.05, 3.63) is 59.7 Å². The number of phenols is 1. The topological polar surface area (TPSA) is 67.8 Å². The summed E-state index contributed by atoms with van der Waals surface area (Å²) in [6.07, 6.45) is 1.69. The van der Waals surface area contributed by atoms with E-state index >= 15 is 0 Å². The maximum atomic E-state index is 12.5. The second kappa shape index (κ2) is 6.11. The highest BCUT2D eigenvalue weighted by Gasteiger charge is 2.27. The first-order valence-corrected chi connectivity index (χ1v) is 8.12. The van der Waals surface area contributed by atoms with Crippen LogP contribution in [0.5, 0.6) is 17.2 Å². The van der Waals surface area contributed by atoms with Gasteiger partial charge in [0.15, 0.2) is 11.5 Å². The minimum Gasteiger partial charge on any atom is -0.507 e. The van der Waals surface area contributed by atoms with Gasteiger partial charge in [0.2, 0.25) is 0 Å². The average molecular weight is 347 g/mol. The number of carbonyl (C=O) groups is 1. The molecule has 1 heterocycles. The first-order chi connectivity index (χ1) is 12.6. The molecular formula is C21H17NO4. The molecule has 0 aromatic heterocycles. The predicted octanol–water partition coefficient (Wildman–Crippen LogP) is 4.06. The third-order valence-electron chi connectivity index (χ3n) is 4.54. The van der Waals surface area contributed by atoms with Crippen molar-refractivity contribution >= 4 is 34.0 Å². The van der Waals surface area contributed by atoms with Gasteiger partial charge in [-0.2, -0.15) is 0 Å². The molecule has 0 radical (unpaired) electrons. The zero-order valence-corrected chi connectivity index (χ0v) is 14.4. The van der Waals surface area contributed by atoms with Crippen LogP contribution in [0.15, 0.2) is 48.5 Å². The molecule has 3 aromatic rings. The molecule has 130 valence electrons. The van der Waals surface area contributed by atoms with Gasteiger partial charge in [0.05, 0.1) is 19.9 Å². The van der Waals surface area contributed by atoms with Crippen molar-refractivity contribution in [1.82, 2.24) is 0 Å². The van der Waals surface area contributed by atoms with E-state index in [1.165, 1.54) is 0 Å². The molecule has 1 aliphatic rings. The van der Waals surface area contributed by atoms with Gasteiger partial charge in [0, 0.05) is 28.2 Å². The largest absolute Gasteiger partial charge is 0.507 e. The zero-order valence-electron chi connectivity index (χ0n) is 14.4. The van der Waals surface area contributed by atoms with Crippen LogP contribution in [-0.4, -0.2) is 25.2 Å². The molecule has 5 nitrogen and oxygen atoms in total. The van der Waals surface area contributed by atoms with Crippen LogP contribution in [0.2, 0.25) is 0 Å². The summed E-state index contributed by atoms with van der Waals surface area (Å²) in [6, 6.07) is 14.8. The van der Waals surface area contributed by atoms with E-state index < -0.39 is 0 Å². The highest BCUT2D eigenvalue weighted by molar-refractivity contribution is 6.35. The van der Waals surface area contributed by atoms with Crippen LogP contribution in [-0.2, 0) is 4.79 Å². The van der Waals surface area contributed by atoms with Gasteiger partial charge in [-0.15, -0.1) is 0 Å². The number of hydrogen-bond donors (Lipinski definition) is 2. The summed E-state index contributed by atoms with van der Waals surface area (Å²) in [5.41, 5.74) is 2.41. The Morgan fingerprint density at radius 3 is 2.50 bits per heavy atom. The van der Waals surface area contributed by atoms with Crippen molar-refractivity contribution in [2.75, 3.05) is 19.5 Å². The molecule has 0 spiro atoms. The lowest BCUT2D eigenvalue weighted by molar-refractivity contribution is -0.110. The van der Waals surface area contributed by atoms with E-state index in [2.05, 4.69) is 5.32 Å². The molecule has 0 unspecified atom stereocenters. The Hall–Kier alpha value is -3.47. The second-order valence-corrected chi connectivity index (χ2v) is 5.99. The molecule has 5 heteroatoms. The van der Waals surface area contributed by atoms with E-state index in [4.69, 9.17) is 9.47 Å². The van der Waals surface area contributed by atoms with Crippen molar-refractivity contribution in [3.63, 3.8) is 0 Å². The van der Waals surface area contributed by atoms with Crippen LogP contribution >= 0.6 is 0 Å². The van der Waals surface area contributed by atoms with E-state index in [-0.39, 0.29) is 11.7 Å². The van der Waals surface area contributed by atoms with Crippen molar-refractivity contribution in [2.45, 2.75) is 0 Å². The summed E-state index contributed by atoms with van der Waals surface area (Å²) in [5.74, 6) is 0.998. The summed E-state index contributed by atoms with van der Waals surface area (Å²) < 4.78 is 10.6. The van der Waals surface area contributed by atoms with E-state index in [1.807, 2.05) is 30.3 Å². The number of phenolic OH excluding ortho intramolecular Hbond substituents is 1. The average Bonchev–Trinajstić information content (AvgIpc) is 2.97. The number of nitrogens with one attached hydrogen (secondary N) is 1. The van der Waals surface area contributed by atoms with Gasteiger partial charge in [-0.25, -0.2) is 0 Å². The first kappa shape index (κ1) is 16.0. The fourth-order valence-corrected chi connectivity index (χ4v) is 3.20. The van der Waals surface area contributed by atoms with Gasteiger partial charge in [-0.1, -0.05) is 36.4 Å². The van der Waals surface area contributed by atoms with Crippen LogP contribution in [0.4, 0.5) is 5.69 Å². The van der Waals surface area contributed by atoms with Gasteiger partial charge in [0.25, 0.3) is 5.91 Å². The van der Waals surface area contributed by atoms with Gasteiger partial charge in [-0.05, 0) is 17.5 Å². The van der Waals surface area contributed by atoms with Gasteiger partial charge < -0.3 is 19.9 Å². The van der Waals surface area contributed by atoms with E-state index in [0.717, 1.165) is 10.8 Å². The van der Waals surface area contributed by atoms with Crippen LogP contribution in [0.25, 0.3) is 22.4 Å². The Morgan fingerprint density at radius 1 is 1.00 bits per heavy atom. The number of rotatable bonds is 3. The molecule has 1 aliphatic heterocycles. The van der Waals surface area contributed by atoms with Crippen LogP contribution in [0, 0.1) is 0 Å². The number of carbonyl (C=O) groups excluding carboxylic acids is 1. The Morgan fingerprint density at radius 2 is 1.73 bits per heavy atom. The fourth-order valence-electron chi connectivity index (χ4n) is 3.20. The number of benzene rings is 3. The van der Waals surface area contributed by atoms with Gasteiger partial charge >= 0.3 is 0 Å². The number of anilines is 1. The SMILES string of the molecule is COc1cc2c(cc1OC)C(=Cc1ccc3ccccc3c1O)C(=O)N2. The Labute approximate surface area is 150 Å². The van der Waals surface area contributed by atoms with Crippen LogP contribution in [0.3, 0.4) is 0 Å². The number of methoxy groups -OCH3 is 2. The Bertz CT molecular complexity index is 1070. The summed E-state index contributed by atoms with van der Waals surface area (Å²) in [7, 11) is 3.10. The Kier molecular flexibility index (Phi) is 3.77. The molecule has 4 rings (SSSR count). The Balaban J connectivity index is 1.87. The lowest BCUT2D eigenvalue weighted by atomic mass is 10.00. The molecule has 0 aliphatic carbocycles. The lowest BCUT2D eigenvalue weighted by Gasteiger charge is -2.10. The molecule has 0 atom stereocenters. The number of ether oxygens (including phenoxy) is 2. The summed E-state index contributed by atoms with van der Waals surface area (Å²) in [6.45, 7) is 0. The van der Waals surface area contributed by atoms with E-state index in [9.17, 15) is 9.90 Å². The fraction of sp³-hybridized carbons (Fsp3) is 0.0952. The molecular weight excluding hydrogens is 330 g/mol. The smallest absolute Gasteiger partial charge is 0.256 e. The zero-order chi connectivity index (χ0) is 18.3. The predicted molar refractivity (Wildman–Crippen MR) is 102 cm³/mol. The highest BCUT2D eigenvalue weighted by atomic mass is 16.5. The molecule has 3 aromatic carbocycles. The number of amides is 1. The lowest BCUT2D eigenvalue weighted by Crippen LogP contribution is -2.03. The van der Waals surface area contributed by atoms with E-state index in [1.54, 1.807) is 38.5 Å². The molecule has 26 heavy (non-hydrogen) atoms. The van der Waals surface area contributed by atoms with Crippen molar-refractivity contribution in [1.29, 1.82) is 0 Å². The molecule has 0 fully saturated rings. The van der Waals surface area contributed by atoms with Crippen molar-refractivity contribution in [3.8, 4) is 17.2 Å². The number of aromatic hydroxyl groups is 1. The monoisotopic (exact) mass is 347 g/mol.